The molecule has 0 bridgehead atoms. The number of thiol groups is 2. The van der Waals surface area contributed by atoms with Gasteiger partial charge in [-0.3, -0.25) is 0 Å². The van der Waals surface area contributed by atoms with Crippen molar-refractivity contribution in [3.63, 3.8) is 0 Å². The molecule has 0 atom stereocenters. The molecule has 0 unspecified atom stereocenters. The summed E-state index contributed by atoms with van der Waals surface area (Å²) in [6.45, 7) is 11.5. The summed E-state index contributed by atoms with van der Waals surface area (Å²) in [6, 6.07) is 26.8. The monoisotopic (exact) mass is 657 g/mol. The number of allylic oxidation sites excluding steroid dienone is 8. The van der Waals surface area contributed by atoms with Gasteiger partial charge in [0.15, 0.2) is 5.71 Å². The van der Waals surface area contributed by atoms with Crippen molar-refractivity contribution in [3.05, 3.63) is 132 Å². The van der Waals surface area contributed by atoms with Gasteiger partial charge in [0.25, 0.3) is 0 Å². The lowest BCUT2D eigenvalue weighted by atomic mass is 9.79. The highest BCUT2D eigenvalue weighted by Crippen LogP contribution is 2.51. The molecule has 0 radical (unpaired) electrons. The number of hydrogen-bond acceptors (Lipinski definition) is 3. The SMILES string of the molecule is CC1(C)C(/C=C/C=C/C=C/C=C2/N(CCCCS)c3ccc4ccccc4c3C2(C)C)=[N+](CCCCS)c2ccc3ccccc3c21. The van der Waals surface area contributed by atoms with E-state index in [1.807, 2.05) is 0 Å². The van der Waals surface area contributed by atoms with Gasteiger partial charge < -0.3 is 4.90 Å². The summed E-state index contributed by atoms with van der Waals surface area (Å²) in [5.41, 5.74) is 8.08. The van der Waals surface area contributed by atoms with Crippen LogP contribution in [0.25, 0.3) is 21.5 Å². The molecule has 2 aliphatic heterocycles. The van der Waals surface area contributed by atoms with E-state index in [0.29, 0.717) is 0 Å². The smallest absolute Gasteiger partial charge is 0.210 e. The van der Waals surface area contributed by atoms with Crippen LogP contribution in [-0.2, 0) is 10.8 Å². The molecule has 6 rings (SSSR count). The van der Waals surface area contributed by atoms with E-state index in [4.69, 9.17) is 0 Å². The number of benzene rings is 4. The van der Waals surface area contributed by atoms with E-state index in [-0.39, 0.29) is 10.8 Å². The van der Waals surface area contributed by atoms with Crippen molar-refractivity contribution >= 4 is 63.9 Å². The molecular formula is C43H49N2S2+. The summed E-state index contributed by atoms with van der Waals surface area (Å²) in [5, 5.41) is 5.32. The normalized spacial score (nSPS) is 17.8. The largest absolute Gasteiger partial charge is 0.344 e. The predicted molar refractivity (Wildman–Crippen MR) is 213 cm³/mol. The van der Waals surface area contributed by atoms with Gasteiger partial charge in [0.2, 0.25) is 5.69 Å². The maximum atomic E-state index is 4.48. The number of hydrogen-bond donors (Lipinski definition) is 2. The fourth-order valence-corrected chi connectivity index (χ4v) is 8.25. The molecule has 2 aliphatic rings. The Morgan fingerprint density at radius 1 is 0.638 bits per heavy atom. The fourth-order valence-electron chi connectivity index (χ4n) is 7.80. The van der Waals surface area contributed by atoms with Crippen molar-refractivity contribution < 1.29 is 4.58 Å². The van der Waals surface area contributed by atoms with E-state index >= 15 is 0 Å². The van der Waals surface area contributed by atoms with Crippen molar-refractivity contribution in [2.24, 2.45) is 0 Å². The Labute approximate surface area is 293 Å². The number of unbranched alkanes of at least 4 members (excludes halogenated alkanes) is 2. The number of anilines is 1. The second-order valence-electron chi connectivity index (χ2n) is 13.8. The van der Waals surface area contributed by atoms with Crippen LogP contribution in [0.4, 0.5) is 11.4 Å². The second kappa shape index (κ2) is 14.3. The standard InChI is InChI=1S/C43H48N2S2/c1-42(2)38(44(28-14-16-30-46)36-26-24-32-18-10-12-20-34(32)40(36)42)22-8-6-5-7-9-23-39-43(3,4)41-35-21-13-11-19-33(35)25-27-37(41)45(39)29-15-17-31-47/h5-13,18-27H,14-17,28-31H2,1-4H3,(H-,46,47)/p+1. The molecule has 0 fully saturated rings. The van der Waals surface area contributed by atoms with Gasteiger partial charge in [-0.15, -0.1) is 0 Å². The Morgan fingerprint density at radius 2 is 1.26 bits per heavy atom. The van der Waals surface area contributed by atoms with E-state index in [1.54, 1.807) is 0 Å². The third-order valence-corrected chi connectivity index (χ3v) is 10.7. The molecule has 0 amide bonds. The third-order valence-electron chi connectivity index (χ3n) is 10.0. The molecule has 4 aromatic rings. The van der Waals surface area contributed by atoms with Crippen LogP contribution in [0.15, 0.2) is 121 Å². The molecule has 47 heavy (non-hydrogen) atoms. The first kappa shape index (κ1) is 33.4. The predicted octanol–water partition coefficient (Wildman–Crippen LogP) is 11.1. The lowest BCUT2D eigenvalue weighted by Crippen LogP contribution is -2.28. The molecular weight excluding hydrogens is 609 g/mol. The summed E-state index contributed by atoms with van der Waals surface area (Å²) in [7, 11) is 0. The summed E-state index contributed by atoms with van der Waals surface area (Å²) >= 11 is 8.96. The Hall–Kier alpha value is -3.47. The van der Waals surface area contributed by atoms with E-state index in [0.717, 1.165) is 50.3 Å². The Kier molecular flexibility index (Phi) is 10.2. The van der Waals surface area contributed by atoms with Gasteiger partial charge in [-0.2, -0.15) is 29.8 Å². The first-order valence-corrected chi connectivity index (χ1v) is 18.5. The van der Waals surface area contributed by atoms with E-state index in [9.17, 15) is 0 Å². The number of rotatable bonds is 12. The minimum Gasteiger partial charge on any atom is -0.344 e. The van der Waals surface area contributed by atoms with Gasteiger partial charge in [0, 0.05) is 47.5 Å². The molecule has 0 aromatic heterocycles. The van der Waals surface area contributed by atoms with E-state index in [1.165, 1.54) is 55.5 Å². The van der Waals surface area contributed by atoms with Crippen molar-refractivity contribution in [3.8, 4) is 0 Å². The fraction of sp³-hybridized carbons (Fsp3) is 0.326. The highest BCUT2D eigenvalue weighted by atomic mass is 32.1. The summed E-state index contributed by atoms with van der Waals surface area (Å²) in [5.74, 6) is 1.84. The average Bonchev–Trinajstić information content (AvgIpc) is 3.43. The molecule has 2 heterocycles. The van der Waals surface area contributed by atoms with Gasteiger partial charge in [-0.25, -0.2) is 0 Å². The van der Waals surface area contributed by atoms with Crippen LogP contribution in [0.1, 0.15) is 64.5 Å². The molecule has 0 saturated carbocycles. The Balaban J connectivity index is 1.26. The maximum absolute atomic E-state index is 4.48. The van der Waals surface area contributed by atoms with Crippen molar-refractivity contribution in [1.29, 1.82) is 0 Å². The van der Waals surface area contributed by atoms with Gasteiger partial charge in [0.05, 0.1) is 5.41 Å². The maximum Gasteiger partial charge on any atom is 0.210 e. The topological polar surface area (TPSA) is 6.25 Å². The van der Waals surface area contributed by atoms with Crippen LogP contribution in [0.3, 0.4) is 0 Å². The summed E-state index contributed by atoms with van der Waals surface area (Å²) in [4.78, 5) is 2.54. The zero-order chi connectivity index (χ0) is 33.0. The molecule has 0 aliphatic carbocycles. The second-order valence-corrected chi connectivity index (χ2v) is 14.7. The zero-order valence-corrected chi connectivity index (χ0v) is 30.2. The van der Waals surface area contributed by atoms with Crippen LogP contribution in [0, 0.1) is 0 Å². The molecule has 2 nitrogen and oxygen atoms in total. The average molecular weight is 658 g/mol. The quantitative estimate of drug-likeness (QED) is 0.0665. The molecule has 0 spiro atoms. The van der Waals surface area contributed by atoms with Crippen LogP contribution in [0.5, 0.6) is 0 Å². The highest BCUT2D eigenvalue weighted by Gasteiger charge is 2.45. The van der Waals surface area contributed by atoms with Crippen LogP contribution >= 0.6 is 25.3 Å². The minimum atomic E-state index is -0.0919. The van der Waals surface area contributed by atoms with Crippen molar-refractivity contribution in [2.75, 3.05) is 29.5 Å². The van der Waals surface area contributed by atoms with Gasteiger partial charge >= 0.3 is 0 Å². The zero-order valence-electron chi connectivity index (χ0n) is 28.4. The lowest BCUT2D eigenvalue weighted by Gasteiger charge is -2.27. The lowest BCUT2D eigenvalue weighted by molar-refractivity contribution is -0.438. The molecule has 0 N–H and O–H groups in total. The Bertz CT molecular complexity index is 1920. The van der Waals surface area contributed by atoms with Crippen molar-refractivity contribution in [2.45, 2.75) is 64.2 Å². The van der Waals surface area contributed by atoms with Crippen LogP contribution < -0.4 is 4.90 Å². The third kappa shape index (κ3) is 6.39. The van der Waals surface area contributed by atoms with Gasteiger partial charge in [-0.05, 0) is 89.9 Å². The molecule has 4 heteroatoms. The van der Waals surface area contributed by atoms with Gasteiger partial charge in [0.1, 0.15) is 6.54 Å². The van der Waals surface area contributed by atoms with E-state index in [2.05, 4.69) is 178 Å². The molecule has 242 valence electrons. The summed E-state index contributed by atoms with van der Waals surface area (Å²) in [6.07, 6.45) is 20.0. The van der Waals surface area contributed by atoms with Crippen LogP contribution in [-0.4, -0.2) is 34.9 Å². The van der Waals surface area contributed by atoms with Crippen molar-refractivity contribution in [1.82, 2.24) is 0 Å². The Morgan fingerprint density at radius 3 is 1.98 bits per heavy atom. The first-order chi connectivity index (χ1) is 22.8. The van der Waals surface area contributed by atoms with E-state index < -0.39 is 0 Å². The molecule has 0 saturated heterocycles. The van der Waals surface area contributed by atoms with Crippen LogP contribution in [0.2, 0.25) is 0 Å². The molecule has 4 aromatic carbocycles. The minimum absolute atomic E-state index is 0.0919. The first-order valence-electron chi connectivity index (χ1n) is 17.2. The number of nitrogens with zero attached hydrogens (tertiary/aromatic N) is 2. The highest BCUT2D eigenvalue weighted by molar-refractivity contribution is 7.80. The number of fused-ring (bicyclic) bond motifs is 6. The summed E-state index contributed by atoms with van der Waals surface area (Å²) < 4.78 is 2.54. The van der Waals surface area contributed by atoms with Gasteiger partial charge in [-0.1, -0.05) is 98.8 Å².